The maximum atomic E-state index is 13.9. The molecule has 2 heterocycles. The Labute approximate surface area is 118 Å². The number of pyridine rings is 1. The third kappa shape index (κ3) is 3.19. The van der Waals surface area contributed by atoms with E-state index in [-0.39, 0.29) is 5.82 Å². The maximum absolute atomic E-state index is 13.9. The van der Waals surface area contributed by atoms with E-state index in [1.54, 1.807) is 6.20 Å². The average Bonchev–Trinajstić information content (AvgIpc) is 2.74. The number of hydrogen-bond donors (Lipinski definition) is 0. The molecule has 1 saturated heterocycles. The average molecular weight is 366 g/mol. The Hall–Kier alpha value is -0.160. The van der Waals surface area contributed by atoms with Crippen LogP contribution < -0.4 is 4.90 Å². The van der Waals surface area contributed by atoms with Crippen molar-refractivity contribution in [1.82, 2.24) is 4.98 Å². The zero-order valence-corrected chi connectivity index (χ0v) is 12.7. The van der Waals surface area contributed by atoms with Crippen LogP contribution in [0.4, 0.5) is 10.2 Å². The smallest absolute Gasteiger partial charge is 0.166 e. The number of rotatable bonds is 4. The standard InChI is InChI=1S/C12H15Br2FN2/c13-5-1-3-10-4-2-6-17(10)12-11(15)7-9(14)8-16-12/h7-8,10H,1-6H2. The Bertz CT molecular complexity index is 387. The van der Waals surface area contributed by atoms with E-state index in [2.05, 4.69) is 41.7 Å². The highest BCUT2D eigenvalue weighted by Crippen LogP contribution is 2.29. The van der Waals surface area contributed by atoms with Gasteiger partial charge in [0.25, 0.3) is 0 Å². The Kier molecular flexibility index (Phi) is 4.79. The van der Waals surface area contributed by atoms with E-state index >= 15 is 0 Å². The summed E-state index contributed by atoms with van der Waals surface area (Å²) < 4.78 is 14.5. The largest absolute Gasteiger partial charge is 0.351 e. The summed E-state index contributed by atoms with van der Waals surface area (Å²) in [6.07, 6.45) is 6.16. The first-order valence-electron chi connectivity index (χ1n) is 5.86. The second-order valence-corrected chi connectivity index (χ2v) is 5.99. The third-order valence-electron chi connectivity index (χ3n) is 3.11. The summed E-state index contributed by atoms with van der Waals surface area (Å²) in [6, 6.07) is 1.93. The van der Waals surface area contributed by atoms with Gasteiger partial charge in [-0.25, -0.2) is 9.37 Å². The van der Waals surface area contributed by atoms with Gasteiger partial charge in [-0.2, -0.15) is 0 Å². The van der Waals surface area contributed by atoms with Gasteiger partial charge in [-0.15, -0.1) is 0 Å². The molecule has 0 amide bonds. The molecule has 0 spiro atoms. The summed E-state index contributed by atoms with van der Waals surface area (Å²) in [7, 11) is 0. The highest BCUT2D eigenvalue weighted by Gasteiger charge is 2.27. The molecule has 1 aromatic heterocycles. The predicted octanol–water partition coefficient (Wildman–Crippen LogP) is 4.13. The van der Waals surface area contributed by atoms with Gasteiger partial charge < -0.3 is 4.90 Å². The minimum absolute atomic E-state index is 0.231. The first-order chi connectivity index (χ1) is 8.22. The number of alkyl halides is 1. The number of halogens is 3. The molecule has 5 heteroatoms. The molecule has 1 aliphatic heterocycles. The molecule has 1 aliphatic rings. The van der Waals surface area contributed by atoms with Crippen molar-refractivity contribution in [3.8, 4) is 0 Å². The number of hydrogen-bond acceptors (Lipinski definition) is 2. The molecule has 94 valence electrons. The molecule has 0 bridgehead atoms. The van der Waals surface area contributed by atoms with E-state index < -0.39 is 0 Å². The highest BCUT2D eigenvalue weighted by molar-refractivity contribution is 9.10. The lowest BCUT2D eigenvalue weighted by Crippen LogP contribution is -2.30. The SMILES string of the molecule is Fc1cc(Br)cnc1N1CCCC1CCCBr. The Balaban J connectivity index is 2.14. The molecule has 1 fully saturated rings. The van der Waals surface area contributed by atoms with E-state index in [1.165, 1.54) is 6.07 Å². The molecule has 17 heavy (non-hydrogen) atoms. The van der Waals surface area contributed by atoms with Crippen LogP contribution in [0.15, 0.2) is 16.7 Å². The molecule has 1 atom stereocenters. The number of aromatic nitrogens is 1. The molecule has 0 radical (unpaired) electrons. The van der Waals surface area contributed by atoms with Gasteiger partial charge in [-0.05, 0) is 47.7 Å². The Morgan fingerprint density at radius 1 is 1.53 bits per heavy atom. The molecule has 1 unspecified atom stereocenters. The molecular weight excluding hydrogens is 351 g/mol. The van der Waals surface area contributed by atoms with Gasteiger partial charge in [0, 0.05) is 28.6 Å². The fraction of sp³-hybridized carbons (Fsp3) is 0.583. The van der Waals surface area contributed by atoms with Crippen molar-refractivity contribution < 1.29 is 4.39 Å². The lowest BCUT2D eigenvalue weighted by atomic mass is 10.1. The second-order valence-electron chi connectivity index (χ2n) is 4.28. The first-order valence-corrected chi connectivity index (χ1v) is 7.77. The lowest BCUT2D eigenvalue weighted by molar-refractivity contribution is 0.570. The minimum atomic E-state index is -0.231. The quantitative estimate of drug-likeness (QED) is 0.746. The Morgan fingerprint density at radius 3 is 3.06 bits per heavy atom. The summed E-state index contributed by atoms with van der Waals surface area (Å²) in [5.41, 5.74) is 0. The van der Waals surface area contributed by atoms with Gasteiger partial charge in [0.15, 0.2) is 11.6 Å². The van der Waals surface area contributed by atoms with Crippen LogP contribution in [-0.4, -0.2) is 22.9 Å². The van der Waals surface area contributed by atoms with Gasteiger partial charge in [-0.1, -0.05) is 15.9 Å². The van der Waals surface area contributed by atoms with Gasteiger partial charge in [0.1, 0.15) is 0 Å². The zero-order chi connectivity index (χ0) is 12.3. The van der Waals surface area contributed by atoms with Gasteiger partial charge in [0.2, 0.25) is 0 Å². The van der Waals surface area contributed by atoms with Crippen molar-refractivity contribution in [2.24, 2.45) is 0 Å². The molecule has 2 nitrogen and oxygen atoms in total. The predicted molar refractivity (Wildman–Crippen MR) is 75.3 cm³/mol. The van der Waals surface area contributed by atoms with Crippen LogP contribution in [0.3, 0.4) is 0 Å². The molecule has 0 saturated carbocycles. The normalized spacial score (nSPS) is 19.9. The number of anilines is 1. The van der Waals surface area contributed by atoms with E-state index in [4.69, 9.17) is 0 Å². The van der Waals surface area contributed by atoms with Crippen molar-refractivity contribution in [1.29, 1.82) is 0 Å². The van der Waals surface area contributed by atoms with Crippen molar-refractivity contribution in [3.63, 3.8) is 0 Å². The van der Waals surface area contributed by atoms with Crippen LogP contribution >= 0.6 is 31.9 Å². The molecular formula is C12H15Br2FN2. The topological polar surface area (TPSA) is 16.1 Å². The molecule has 2 rings (SSSR count). The Morgan fingerprint density at radius 2 is 2.35 bits per heavy atom. The van der Waals surface area contributed by atoms with Crippen LogP contribution in [0.5, 0.6) is 0 Å². The fourth-order valence-electron chi connectivity index (χ4n) is 2.35. The van der Waals surface area contributed by atoms with Crippen LogP contribution in [-0.2, 0) is 0 Å². The first kappa shape index (κ1) is 13.3. The molecule has 0 aliphatic carbocycles. The van der Waals surface area contributed by atoms with Crippen LogP contribution in [0.25, 0.3) is 0 Å². The summed E-state index contributed by atoms with van der Waals surface area (Å²) in [5, 5.41) is 1.01. The van der Waals surface area contributed by atoms with Crippen LogP contribution in [0.2, 0.25) is 0 Å². The maximum Gasteiger partial charge on any atom is 0.166 e. The van der Waals surface area contributed by atoms with E-state index in [0.717, 1.165) is 37.6 Å². The van der Waals surface area contributed by atoms with E-state index in [1.807, 2.05) is 0 Å². The summed E-state index contributed by atoms with van der Waals surface area (Å²) >= 11 is 6.68. The lowest BCUT2D eigenvalue weighted by Gasteiger charge is -2.25. The highest BCUT2D eigenvalue weighted by atomic mass is 79.9. The van der Waals surface area contributed by atoms with Gasteiger partial charge >= 0.3 is 0 Å². The van der Waals surface area contributed by atoms with Crippen LogP contribution in [0, 0.1) is 5.82 Å². The van der Waals surface area contributed by atoms with E-state index in [9.17, 15) is 4.39 Å². The molecule has 0 aromatic carbocycles. The van der Waals surface area contributed by atoms with Crippen LogP contribution in [0.1, 0.15) is 25.7 Å². The van der Waals surface area contributed by atoms with E-state index in [0.29, 0.717) is 16.3 Å². The summed E-state index contributed by atoms with van der Waals surface area (Å²) in [4.78, 5) is 6.33. The van der Waals surface area contributed by atoms with Gasteiger partial charge in [0.05, 0.1) is 0 Å². The minimum Gasteiger partial charge on any atom is -0.351 e. The summed E-state index contributed by atoms with van der Waals surface area (Å²) in [6.45, 7) is 0.915. The van der Waals surface area contributed by atoms with Gasteiger partial charge in [-0.3, -0.25) is 0 Å². The second kappa shape index (κ2) is 6.14. The zero-order valence-electron chi connectivity index (χ0n) is 9.50. The van der Waals surface area contributed by atoms with Crippen molar-refractivity contribution in [2.75, 3.05) is 16.8 Å². The fourth-order valence-corrected chi connectivity index (χ4v) is 2.97. The van der Waals surface area contributed by atoms with Crippen molar-refractivity contribution in [2.45, 2.75) is 31.7 Å². The number of nitrogens with zero attached hydrogens (tertiary/aromatic N) is 2. The molecule has 0 N–H and O–H groups in total. The molecule has 1 aromatic rings. The van der Waals surface area contributed by atoms with Crippen molar-refractivity contribution >= 4 is 37.7 Å². The third-order valence-corrected chi connectivity index (χ3v) is 4.10. The monoisotopic (exact) mass is 364 g/mol. The van der Waals surface area contributed by atoms with Crippen molar-refractivity contribution in [3.05, 3.63) is 22.6 Å². The summed E-state index contributed by atoms with van der Waals surface area (Å²) in [5.74, 6) is 0.274.